The number of carbonyl (C=O) groups excluding carboxylic acids is 1. The average molecular weight is 478 g/mol. The quantitative estimate of drug-likeness (QED) is 0.547. The summed E-state index contributed by atoms with van der Waals surface area (Å²) in [5.41, 5.74) is 0.0170. The molecule has 3 rings (SSSR count). The molecule has 31 heavy (non-hydrogen) atoms. The van der Waals surface area contributed by atoms with Gasteiger partial charge < -0.3 is 5.32 Å². The van der Waals surface area contributed by atoms with E-state index in [4.69, 9.17) is 16.7 Å². The van der Waals surface area contributed by atoms with Crippen LogP contribution in [0.15, 0.2) is 47.6 Å². The van der Waals surface area contributed by atoms with Crippen LogP contribution in [0.5, 0.6) is 0 Å². The zero-order valence-corrected chi connectivity index (χ0v) is 16.8. The number of nitrogens with two attached hydrogens (primary N) is 1. The smallest absolute Gasteiger partial charge is 0.326 e. The van der Waals surface area contributed by atoms with E-state index in [2.05, 4.69) is 15.4 Å². The number of nitrogens with zero attached hydrogens (tertiary/aromatic N) is 3. The first-order valence-corrected chi connectivity index (χ1v) is 10.2. The molecular weight excluding hydrogens is 466 g/mol. The highest BCUT2D eigenvalue weighted by Gasteiger charge is 2.36. The molecule has 0 aliphatic carbocycles. The first-order valence-electron chi connectivity index (χ1n) is 8.24. The summed E-state index contributed by atoms with van der Waals surface area (Å²) in [5.74, 6) is -2.66. The number of benzene rings is 2. The number of anilines is 1. The number of rotatable bonds is 5. The molecule has 0 bridgehead atoms. The molecule has 0 saturated heterocycles. The summed E-state index contributed by atoms with van der Waals surface area (Å²) in [6.45, 7) is 0. The molecule has 1 amide bonds. The van der Waals surface area contributed by atoms with Gasteiger partial charge in [-0.05, 0) is 35.9 Å². The standard InChI is InChI=1S/C17H12ClF4N5O3S/c18-12-6-10(19)2-1-9(12)5-15(28)25-11-3-4-13(14(7-11)31(23,29)30)27-8-24-16(26-27)17(20,21)22/h1-4,6-8H,5H2,(H,25,28)(H2,23,29,30). The van der Waals surface area contributed by atoms with E-state index >= 15 is 0 Å². The van der Waals surface area contributed by atoms with Gasteiger partial charge in [0, 0.05) is 10.7 Å². The highest BCUT2D eigenvalue weighted by Crippen LogP contribution is 2.28. The molecule has 3 aromatic rings. The number of sulfonamides is 1. The number of aromatic nitrogens is 3. The van der Waals surface area contributed by atoms with Crippen LogP contribution >= 0.6 is 11.6 Å². The predicted octanol–water partition coefficient (Wildman–Crippen LogP) is 2.91. The number of halogens is 5. The lowest BCUT2D eigenvalue weighted by atomic mass is 10.1. The highest BCUT2D eigenvalue weighted by molar-refractivity contribution is 7.89. The van der Waals surface area contributed by atoms with E-state index in [9.17, 15) is 30.8 Å². The topological polar surface area (TPSA) is 120 Å². The van der Waals surface area contributed by atoms with Gasteiger partial charge in [0.2, 0.25) is 15.9 Å². The second kappa shape index (κ2) is 8.24. The molecule has 0 radical (unpaired) electrons. The molecule has 164 valence electrons. The minimum Gasteiger partial charge on any atom is -0.326 e. The fourth-order valence-electron chi connectivity index (χ4n) is 2.56. The molecule has 1 heterocycles. The molecule has 0 aliphatic rings. The molecule has 0 saturated carbocycles. The van der Waals surface area contributed by atoms with Gasteiger partial charge >= 0.3 is 6.18 Å². The minimum absolute atomic E-state index is 0.00725. The van der Waals surface area contributed by atoms with Crippen molar-refractivity contribution in [3.63, 3.8) is 0 Å². The van der Waals surface area contributed by atoms with E-state index in [1.807, 2.05) is 0 Å². The van der Waals surface area contributed by atoms with Crippen molar-refractivity contribution in [1.82, 2.24) is 14.8 Å². The summed E-state index contributed by atoms with van der Waals surface area (Å²) in [5, 5.41) is 10.8. The molecule has 1 aromatic heterocycles. The van der Waals surface area contributed by atoms with Crippen LogP contribution in [0, 0.1) is 5.82 Å². The first-order chi connectivity index (χ1) is 14.3. The lowest BCUT2D eigenvalue weighted by Crippen LogP contribution is -2.18. The lowest BCUT2D eigenvalue weighted by Gasteiger charge is -2.11. The molecule has 14 heteroatoms. The van der Waals surface area contributed by atoms with Crippen molar-refractivity contribution in [3.05, 3.63) is 65.0 Å². The number of nitrogens with one attached hydrogen (secondary N) is 1. The van der Waals surface area contributed by atoms with E-state index in [0.29, 0.717) is 16.6 Å². The second-order valence-electron chi connectivity index (χ2n) is 6.20. The third-order valence-corrected chi connectivity index (χ3v) is 5.20. The van der Waals surface area contributed by atoms with Crippen LogP contribution in [-0.4, -0.2) is 29.1 Å². The monoisotopic (exact) mass is 477 g/mol. The average Bonchev–Trinajstić information content (AvgIpc) is 3.14. The Balaban J connectivity index is 1.89. The maximum absolute atomic E-state index is 13.1. The maximum Gasteiger partial charge on any atom is 0.453 e. The summed E-state index contributed by atoms with van der Waals surface area (Å²) in [7, 11) is -4.42. The van der Waals surface area contributed by atoms with Gasteiger partial charge in [0.05, 0.1) is 12.1 Å². The van der Waals surface area contributed by atoms with E-state index in [1.165, 1.54) is 12.1 Å². The molecule has 0 atom stereocenters. The maximum atomic E-state index is 13.1. The third-order valence-electron chi connectivity index (χ3n) is 3.91. The van der Waals surface area contributed by atoms with Crippen molar-refractivity contribution in [3.8, 4) is 5.69 Å². The molecule has 0 fully saturated rings. The Kier molecular flexibility index (Phi) is 6.02. The van der Waals surface area contributed by atoms with Gasteiger partial charge in [0.25, 0.3) is 5.82 Å². The van der Waals surface area contributed by atoms with Crippen LogP contribution in [0.3, 0.4) is 0 Å². The van der Waals surface area contributed by atoms with Crippen molar-refractivity contribution < 1.29 is 30.8 Å². The van der Waals surface area contributed by atoms with Crippen molar-refractivity contribution >= 4 is 33.2 Å². The van der Waals surface area contributed by atoms with Crippen LogP contribution in [0.2, 0.25) is 5.02 Å². The van der Waals surface area contributed by atoms with Crippen LogP contribution in [0.25, 0.3) is 5.69 Å². The predicted molar refractivity (Wildman–Crippen MR) is 101 cm³/mol. The summed E-state index contributed by atoms with van der Waals surface area (Å²) >= 11 is 5.87. The van der Waals surface area contributed by atoms with Gasteiger partial charge in [-0.1, -0.05) is 17.7 Å². The molecule has 3 N–H and O–H groups in total. The number of hydrogen-bond donors (Lipinski definition) is 2. The summed E-state index contributed by atoms with van der Waals surface area (Å²) < 4.78 is 75.8. The van der Waals surface area contributed by atoms with Gasteiger partial charge in [-0.15, -0.1) is 5.10 Å². The van der Waals surface area contributed by atoms with E-state index in [0.717, 1.165) is 24.3 Å². The highest BCUT2D eigenvalue weighted by atomic mass is 35.5. The summed E-state index contributed by atoms with van der Waals surface area (Å²) in [4.78, 5) is 14.8. The molecule has 0 spiro atoms. The van der Waals surface area contributed by atoms with Crippen LogP contribution < -0.4 is 10.5 Å². The molecule has 2 aromatic carbocycles. The van der Waals surface area contributed by atoms with Crippen LogP contribution in [-0.2, 0) is 27.4 Å². The van der Waals surface area contributed by atoms with E-state index < -0.39 is 38.6 Å². The third kappa shape index (κ3) is 5.37. The Hall–Kier alpha value is -3.03. The van der Waals surface area contributed by atoms with Crippen molar-refractivity contribution in [2.45, 2.75) is 17.5 Å². The zero-order chi connectivity index (χ0) is 23.0. The van der Waals surface area contributed by atoms with Crippen molar-refractivity contribution in [1.29, 1.82) is 0 Å². The molecule has 8 nitrogen and oxygen atoms in total. The Morgan fingerprint density at radius 1 is 1.19 bits per heavy atom. The number of carbonyl (C=O) groups is 1. The minimum atomic E-state index is -4.83. The van der Waals surface area contributed by atoms with E-state index in [-0.39, 0.29) is 22.8 Å². The summed E-state index contributed by atoms with van der Waals surface area (Å²) in [6, 6.07) is 6.78. The second-order valence-corrected chi connectivity index (χ2v) is 8.14. The Labute approximate surface area is 177 Å². The molecule has 0 aliphatic heterocycles. The summed E-state index contributed by atoms with van der Waals surface area (Å²) in [6.07, 6.45) is -4.40. The normalized spacial score (nSPS) is 12.1. The number of amides is 1. The van der Waals surface area contributed by atoms with Gasteiger partial charge in [-0.25, -0.2) is 27.6 Å². The fourth-order valence-corrected chi connectivity index (χ4v) is 3.54. The number of hydrogen-bond acceptors (Lipinski definition) is 5. The van der Waals surface area contributed by atoms with Gasteiger partial charge in [-0.3, -0.25) is 4.79 Å². The first kappa shape index (κ1) is 22.7. The largest absolute Gasteiger partial charge is 0.453 e. The Bertz CT molecular complexity index is 1260. The zero-order valence-electron chi connectivity index (χ0n) is 15.2. The Morgan fingerprint density at radius 2 is 1.90 bits per heavy atom. The molecule has 0 unspecified atom stereocenters. The van der Waals surface area contributed by atoms with E-state index in [1.54, 1.807) is 0 Å². The van der Waals surface area contributed by atoms with Gasteiger partial charge in [-0.2, -0.15) is 13.2 Å². The Morgan fingerprint density at radius 3 is 2.48 bits per heavy atom. The fraction of sp³-hybridized carbons (Fsp3) is 0.118. The van der Waals surface area contributed by atoms with Crippen molar-refractivity contribution in [2.24, 2.45) is 5.14 Å². The lowest BCUT2D eigenvalue weighted by molar-refractivity contribution is -0.144. The molecular formula is C17H12ClF4N5O3S. The number of alkyl halides is 3. The van der Waals surface area contributed by atoms with Crippen LogP contribution in [0.4, 0.5) is 23.2 Å². The van der Waals surface area contributed by atoms with Crippen molar-refractivity contribution in [2.75, 3.05) is 5.32 Å². The SMILES string of the molecule is NS(=O)(=O)c1cc(NC(=O)Cc2ccc(F)cc2Cl)ccc1-n1cnc(C(F)(F)F)n1. The number of primary sulfonamides is 1. The van der Waals surface area contributed by atoms with Crippen LogP contribution in [0.1, 0.15) is 11.4 Å². The van der Waals surface area contributed by atoms with Gasteiger partial charge in [0.1, 0.15) is 17.0 Å². The van der Waals surface area contributed by atoms with Gasteiger partial charge in [0.15, 0.2) is 0 Å².